The minimum absolute atomic E-state index is 0.0492. The van der Waals surface area contributed by atoms with E-state index in [4.69, 9.17) is 0 Å². The van der Waals surface area contributed by atoms with E-state index in [0.29, 0.717) is 26.1 Å². The van der Waals surface area contributed by atoms with Crippen molar-refractivity contribution in [2.45, 2.75) is 34.9 Å². The monoisotopic (exact) mass is 390 g/mol. The van der Waals surface area contributed by atoms with Crippen molar-refractivity contribution in [1.82, 2.24) is 15.5 Å². The number of thioether (sulfide) groups is 2. The predicted octanol–water partition coefficient (Wildman–Crippen LogP) is 4.21. The van der Waals surface area contributed by atoms with E-state index < -0.39 is 5.76 Å². The number of benzene rings is 1. The Labute approximate surface area is 151 Å². The molecule has 0 atom stereocenters. The van der Waals surface area contributed by atoms with Gasteiger partial charge in [0.25, 0.3) is 5.76 Å². The summed E-state index contributed by atoms with van der Waals surface area (Å²) in [5.74, 6) is -2.20. The highest BCUT2D eigenvalue weighted by Gasteiger charge is 2.09. The maximum absolute atomic E-state index is 12.3. The Morgan fingerprint density at radius 1 is 1.25 bits per heavy atom. The van der Waals surface area contributed by atoms with Gasteiger partial charge in [0.05, 0.1) is 5.75 Å². The summed E-state index contributed by atoms with van der Waals surface area (Å²) in [6, 6.07) is 6.75. The number of hydrogen-bond donors (Lipinski definition) is 2. The van der Waals surface area contributed by atoms with Crippen molar-refractivity contribution in [3.63, 3.8) is 0 Å². The van der Waals surface area contributed by atoms with E-state index in [-0.39, 0.29) is 17.7 Å². The number of aromatic nitrogens is 2. The van der Waals surface area contributed by atoms with Crippen LogP contribution in [0, 0.1) is 0 Å². The molecule has 2 rings (SSSR count). The Morgan fingerprint density at radius 3 is 2.58 bits per heavy atom. The molecule has 24 heavy (non-hydrogen) atoms. The molecule has 0 spiro atoms. The molecule has 130 valence electrons. The molecule has 0 saturated carbocycles. The highest BCUT2D eigenvalue weighted by Crippen LogP contribution is 2.29. The third-order valence-electron chi connectivity index (χ3n) is 2.51. The van der Waals surface area contributed by atoms with Crippen molar-refractivity contribution in [3.05, 3.63) is 24.3 Å². The van der Waals surface area contributed by atoms with Gasteiger partial charge in [-0.1, -0.05) is 34.9 Å². The van der Waals surface area contributed by atoms with Crippen molar-refractivity contribution in [2.75, 3.05) is 11.1 Å². The lowest BCUT2D eigenvalue weighted by molar-refractivity contribution is -0.119. The van der Waals surface area contributed by atoms with Crippen LogP contribution in [0.4, 0.5) is 19.6 Å². The highest BCUT2D eigenvalue weighted by molar-refractivity contribution is 8.01. The van der Waals surface area contributed by atoms with E-state index in [1.165, 1.54) is 23.1 Å². The standard InChI is InChI=1S/C14H16F2N4OS3/c1-8(2)17-11(21)7-22-14-20-19-13(24-14)18-9-3-5-10(6-4-9)23-12(15)16/h3-6,8,12H,7H2,1-2H3,(H,17,21)(H,18,19). The topological polar surface area (TPSA) is 66.9 Å². The summed E-state index contributed by atoms with van der Waals surface area (Å²) >= 11 is 3.15. The molecule has 0 bridgehead atoms. The van der Waals surface area contributed by atoms with Crippen LogP contribution in [0.15, 0.2) is 33.5 Å². The molecule has 0 fully saturated rings. The van der Waals surface area contributed by atoms with Crippen molar-refractivity contribution in [1.29, 1.82) is 0 Å². The quantitative estimate of drug-likeness (QED) is 0.658. The lowest BCUT2D eigenvalue weighted by Crippen LogP contribution is -2.31. The zero-order chi connectivity index (χ0) is 17.5. The summed E-state index contributed by atoms with van der Waals surface area (Å²) in [7, 11) is 0. The molecule has 1 aromatic carbocycles. The Kier molecular flexibility index (Phi) is 7.25. The zero-order valence-corrected chi connectivity index (χ0v) is 15.4. The second-order valence-corrected chi connectivity index (χ2v) is 8.18. The number of carbonyl (C=O) groups excluding carboxylic acids is 1. The first-order valence-electron chi connectivity index (χ1n) is 7.00. The van der Waals surface area contributed by atoms with Crippen LogP contribution < -0.4 is 10.6 Å². The number of hydrogen-bond acceptors (Lipinski definition) is 7. The summed E-state index contributed by atoms with van der Waals surface area (Å²) in [5.41, 5.74) is 0.735. The molecule has 2 N–H and O–H groups in total. The molecule has 0 unspecified atom stereocenters. The van der Waals surface area contributed by atoms with Crippen LogP contribution in [0.1, 0.15) is 13.8 Å². The van der Waals surface area contributed by atoms with E-state index in [9.17, 15) is 13.6 Å². The minimum atomic E-state index is -2.43. The van der Waals surface area contributed by atoms with Crippen LogP contribution in [0.25, 0.3) is 0 Å². The second-order valence-electron chi connectivity index (χ2n) is 4.91. The molecule has 2 aromatic rings. The second kappa shape index (κ2) is 9.19. The van der Waals surface area contributed by atoms with Gasteiger partial charge in [-0.3, -0.25) is 4.79 Å². The molecular formula is C14H16F2N4OS3. The van der Waals surface area contributed by atoms with Gasteiger partial charge in [0.2, 0.25) is 11.0 Å². The number of alkyl halides is 2. The number of nitrogens with one attached hydrogen (secondary N) is 2. The number of amides is 1. The van der Waals surface area contributed by atoms with Gasteiger partial charge in [0, 0.05) is 16.6 Å². The Balaban J connectivity index is 1.86. The van der Waals surface area contributed by atoms with Crippen LogP contribution in [0.3, 0.4) is 0 Å². The minimum Gasteiger partial charge on any atom is -0.353 e. The van der Waals surface area contributed by atoms with Crippen molar-refractivity contribution >= 4 is 51.6 Å². The molecule has 0 aliphatic heterocycles. The number of halogens is 2. The normalized spacial score (nSPS) is 11.1. The maximum Gasteiger partial charge on any atom is 0.288 e. The van der Waals surface area contributed by atoms with Crippen LogP contribution in [0.2, 0.25) is 0 Å². The third-order valence-corrected chi connectivity index (χ3v) is 5.21. The summed E-state index contributed by atoms with van der Waals surface area (Å²) in [6.07, 6.45) is 0. The molecule has 0 radical (unpaired) electrons. The van der Waals surface area contributed by atoms with Gasteiger partial charge >= 0.3 is 0 Å². The summed E-state index contributed by atoms with van der Waals surface area (Å²) in [4.78, 5) is 12.1. The average Bonchev–Trinajstić information content (AvgIpc) is 2.93. The Morgan fingerprint density at radius 2 is 1.96 bits per heavy atom. The summed E-state index contributed by atoms with van der Waals surface area (Å²) in [5, 5.41) is 14.4. The molecule has 1 aromatic heterocycles. The smallest absolute Gasteiger partial charge is 0.288 e. The van der Waals surface area contributed by atoms with Gasteiger partial charge in [-0.15, -0.1) is 10.2 Å². The van der Waals surface area contributed by atoms with Crippen molar-refractivity contribution in [2.24, 2.45) is 0 Å². The molecule has 5 nitrogen and oxygen atoms in total. The maximum atomic E-state index is 12.3. The molecule has 10 heteroatoms. The average molecular weight is 391 g/mol. The van der Waals surface area contributed by atoms with E-state index >= 15 is 0 Å². The first-order valence-corrected chi connectivity index (χ1v) is 9.68. The van der Waals surface area contributed by atoms with Crippen LogP contribution in [-0.2, 0) is 4.79 Å². The fourth-order valence-corrected chi connectivity index (χ4v) is 3.74. The summed E-state index contributed by atoms with van der Waals surface area (Å²) < 4.78 is 25.2. The SMILES string of the molecule is CC(C)NC(=O)CSc1nnc(Nc2ccc(SC(F)F)cc2)s1. The van der Waals surface area contributed by atoms with Crippen LogP contribution in [0.5, 0.6) is 0 Å². The molecule has 1 amide bonds. The van der Waals surface area contributed by atoms with Gasteiger partial charge in [0.15, 0.2) is 4.34 Å². The van der Waals surface area contributed by atoms with Gasteiger partial charge in [0.1, 0.15) is 0 Å². The van der Waals surface area contributed by atoms with Gasteiger partial charge in [-0.25, -0.2) is 0 Å². The van der Waals surface area contributed by atoms with Gasteiger partial charge in [-0.2, -0.15) is 8.78 Å². The zero-order valence-electron chi connectivity index (χ0n) is 13.0. The number of carbonyl (C=O) groups is 1. The van der Waals surface area contributed by atoms with Crippen LogP contribution >= 0.6 is 34.9 Å². The first-order chi connectivity index (χ1) is 11.4. The number of anilines is 2. The number of rotatable bonds is 8. The molecular weight excluding hydrogens is 374 g/mol. The summed E-state index contributed by atoms with van der Waals surface area (Å²) in [6.45, 7) is 3.81. The van der Waals surface area contributed by atoms with Gasteiger partial charge in [-0.05, 0) is 38.1 Å². The Bertz CT molecular complexity index is 664. The fourth-order valence-electron chi connectivity index (χ4n) is 1.65. The van der Waals surface area contributed by atoms with Gasteiger partial charge < -0.3 is 10.6 Å². The lowest BCUT2D eigenvalue weighted by atomic mass is 10.3. The predicted molar refractivity (Wildman–Crippen MR) is 95.5 cm³/mol. The molecule has 0 saturated heterocycles. The van der Waals surface area contributed by atoms with E-state index in [0.717, 1.165) is 5.69 Å². The largest absolute Gasteiger partial charge is 0.353 e. The van der Waals surface area contributed by atoms with E-state index in [1.54, 1.807) is 24.3 Å². The molecule has 1 heterocycles. The molecule has 0 aliphatic rings. The fraction of sp³-hybridized carbons (Fsp3) is 0.357. The Hall–Kier alpha value is -1.39. The number of nitrogens with zero attached hydrogens (tertiary/aromatic N) is 2. The third kappa shape index (κ3) is 6.62. The van der Waals surface area contributed by atoms with Crippen molar-refractivity contribution in [3.8, 4) is 0 Å². The van der Waals surface area contributed by atoms with E-state index in [2.05, 4.69) is 20.8 Å². The van der Waals surface area contributed by atoms with E-state index in [1.807, 2.05) is 13.8 Å². The van der Waals surface area contributed by atoms with Crippen LogP contribution in [-0.4, -0.2) is 33.7 Å². The first kappa shape index (κ1) is 18.9. The van der Waals surface area contributed by atoms with Crippen molar-refractivity contribution < 1.29 is 13.6 Å². The lowest BCUT2D eigenvalue weighted by Gasteiger charge is -2.06. The highest BCUT2D eigenvalue weighted by atomic mass is 32.2. The molecule has 0 aliphatic carbocycles.